The van der Waals surface area contributed by atoms with Gasteiger partial charge in [0.15, 0.2) is 0 Å². The second kappa shape index (κ2) is 4.67. The van der Waals surface area contributed by atoms with E-state index in [1.165, 1.54) is 6.92 Å². The molecular weight excluding hydrogens is 250 g/mol. The van der Waals surface area contributed by atoms with Crippen LogP contribution in [-0.4, -0.2) is 54.0 Å². The molecule has 0 N–H and O–H groups in total. The molecule has 6 heteroatoms. The summed E-state index contributed by atoms with van der Waals surface area (Å²) < 4.78 is 16.4. The summed E-state index contributed by atoms with van der Waals surface area (Å²) in [4.78, 5) is 25.1. The van der Waals surface area contributed by atoms with Crippen molar-refractivity contribution < 1.29 is 23.8 Å². The van der Waals surface area contributed by atoms with Crippen LogP contribution in [0.15, 0.2) is 0 Å². The van der Waals surface area contributed by atoms with Crippen LogP contribution in [-0.2, 0) is 19.0 Å². The van der Waals surface area contributed by atoms with Gasteiger partial charge in [0, 0.05) is 13.3 Å². The number of ether oxygens (including phenoxy) is 3. The second-order valence-corrected chi connectivity index (χ2v) is 5.34. The molecule has 0 radical (unpaired) electrons. The van der Waals surface area contributed by atoms with Crippen LogP contribution in [0.5, 0.6) is 0 Å². The van der Waals surface area contributed by atoms with Gasteiger partial charge in [0.05, 0.1) is 30.9 Å². The highest BCUT2D eigenvalue weighted by Gasteiger charge is 2.58. The third kappa shape index (κ3) is 1.98. The van der Waals surface area contributed by atoms with Crippen molar-refractivity contribution in [3.8, 4) is 0 Å². The Labute approximate surface area is 112 Å². The van der Waals surface area contributed by atoms with Gasteiger partial charge in [-0.15, -0.1) is 0 Å². The molecule has 0 aromatic carbocycles. The summed E-state index contributed by atoms with van der Waals surface area (Å²) >= 11 is 0. The molecule has 0 unspecified atom stereocenters. The molecule has 6 nitrogen and oxygen atoms in total. The lowest BCUT2D eigenvalue weighted by atomic mass is 9.83. The molecule has 0 aromatic rings. The first kappa shape index (κ1) is 12.7. The molecule has 0 aromatic heterocycles. The Morgan fingerprint density at radius 2 is 2.05 bits per heavy atom. The molecule has 3 saturated heterocycles. The Hall–Kier alpha value is -1.30. The van der Waals surface area contributed by atoms with E-state index in [9.17, 15) is 9.59 Å². The molecule has 3 fully saturated rings. The van der Waals surface area contributed by atoms with Crippen LogP contribution in [0, 0.1) is 0 Å². The van der Waals surface area contributed by atoms with Crippen molar-refractivity contribution in [2.24, 2.45) is 0 Å². The molecule has 5 atom stereocenters. The average Bonchev–Trinajstić information content (AvgIpc) is 2.66. The second-order valence-electron chi connectivity index (χ2n) is 5.34. The number of hydrogen-bond donors (Lipinski definition) is 0. The van der Waals surface area contributed by atoms with Crippen LogP contribution in [0.25, 0.3) is 0 Å². The maximum atomic E-state index is 12.1. The smallest absolute Gasteiger partial charge is 0.410 e. The quantitative estimate of drug-likeness (QED) is 0.702. The van der Waals surface area contributed by atoms with E-state index in [4.69, 9.17) is 14.2 Å². The van der Waals surface area contributed by atoms with E-state index in [1.807, 2.05) is 0 Å². The van der Waals surface area contributed by atoms with Crippen molar-refractivity contribution in [2.45, 2.75) is 63.5 Å². The number of nitrogens with zero attached hydrogens (tertiary/aromatic N) is 1. The number of carbonyl (C=O) groups is 2. The minimum atomic E-state index is -0.356. The molecule has 0 spiro atoms. The van der Waals surface area contributed by atoms with E-state index in [2.05, 4.69) is 0 Å². The number of carbonyl (C=O) groups excluding carboxylic acids is 2. The van der Waals surface area contributed by atoms with Crippen molar-refractivity contribution in [2.75, 3.05) is 6.61 Å². The summed E-state index contributed by atoms with van der Waals surface area (Å²) in [7, 11) is 0. The molecule has 3 aliphatic heterocycles. The Morgan fingerprint density at radius 3 is 2.74 bits per heavy atom. The summed E-state index contributed by atoms with van der Waals surface area (Å²) in [5.41, 5.74) is 0. The van der Waals surface area contributed by atoms with Gasteiger partial charge in [0.2, 0.25) is 0 Å². The van der Waals surface area contributed by atoms with Crippen LogP contribution >= 0.6 is 0 Å². The van der Waals surface area contributed by atoms with Gasteiger partial charge >= 0.3 is 12.1 Å². The van der Waals surface area contributed by atoms with E-state index in [1.54, 1.807) is 11.8 Å². The lowest BCUT2D eigenvalue weighted by Crippen LogP contribution is -2.62. The molecule has 0 saturated carbocycles. The Morgan fingerprint density at radius 1 is 1.26 bits per heavy atom. The Kier molecular flexibility index (Phi) is 3.12. The molecule has 3 heterocycles. The van der Waals surface area contributed by atoms with Gasteiger partial charge in [0.25, 0.3) is 0 Å². The first-order valence-electron chi connectivity index (χ1n) is 6.89. The minimum absolute atomic E-state index is 0.0613. The zero-order chi connectivity index (χ0) is 13.6. The zero-order valence-electron chi connectivity index (χ0n) is 11.2. The highest BCUT2D eigenvalue weighted by molar-refractivity contribution is 5.70. The maximum Gasteiger partial charge on any atom is 0.410 e. The van der Waals surface area contributed by atoms with E-state index < -0.39 is 0 Å². The normalized spacial score (nSPS) is 39.3. The topological polar surface area (TPSA) is 65.1 Å². The molecule has 1 amide bonds. The molecule has 0 aliphatic carbocycles. The number of amides is 1. The minimum Gasteiger partial charge on any atom is -0.458 e. The fourth-order valence-corrected chi connectivity index (χ4v) is 3.63. The van der Waals surface area contributed by atoms with Gasteiger partial charge in [0.1, 0.15) is 6.10 Å². The number of fused-ring (bicyclic) bond motifs is 2. The highest BCUT2D eigenvalue weighted by atomic mass is 16.6. The first-order chi connectivity index (χ1) is 9.11. The molecule has 106 valence electrons. The molecule has 3 bridgehead atoms. The average molecular weight is 269 g/mol. The van der Waals surface area contributed by atoms with Crippen molar-refractivity contribution >= 4 is 12.1 Å². The summed E-state index contributed by atoms with van der Waals surface area (Å²) in [6.07, 6.45) is 1.77. The number of rotatable bonds is 2. The van der Waals surface area contributed by atoms with Gasteiger partial charge in [-0.2, -0.15) is 0 Å². The zero-order valence-corrected chi connectivity index (χ0v) is 11.2. The monoisotopic (exact) mass is 269 g/mol. The van der Waals surface area contributed by atoms with Gasteiger partial charge in [-0.25, -0.2) is 4.79 Å². The SMILES string of the molecule is CCOC(=O)N1[C@@H]2CC[C@H]3O[C@H](C[C@H]31)[C@@H]2OC(C)=O. The van der Waals surface area contributed by atoms with Gasteiger partial charge in [-0.1, -0.05) is 0 Å². The van der Waals surface area contributed by atoms with Crippen LogP contribution in [0.2, 0.25) is 0 Å². The summed E-state index contributed by atoms with van der Waals surface area (Å²) in [6.45, 7) is 3.53. The van der Waals surface area contributed by atoms with Gasteiger partial charge < -0.3 is 14.2 Å². The van der Waals surface area contributed by atoms with Crippen molar-refractivity contribution in [1.82, 2.24) is 4.90 Å². The number of piperidine rings is 2. The van der Waals surface area contributed by atoms with Crippen molar-refractivity contribution in [1.29, 1.82) is 0 Å². The molecular formula is C13H19NO5. The van der Waals surface area contributed by atoms with Crippen LogP contribution in [0.1, 0.15) is 33.1 Å². The Bertz CT molecular complexity index is 398. The van der Waals surface area contributed by atoms with E-state index in [-0.39, 0.29) is 42.5 Å². The van der Waals surface area contributed by atoms with E-state index in [0.717, 1.165) is 19.3 Å². The predicted molar refractivity (Wildman–Crippen MR) is 64.5 cm³/mol. The van der Waals surface area contributed by atoms with Gasteiger partial charge in [-0.3, -0.25) is 9.69 Å². The fourth-order valence-electron chi connectivity index (χ4n) is 3.63. The first-order valence-corrected chi connectivity index (χ1v) is 6.89. The standard InChI is InChI=1S/C13H19NO5/c1-3-17-13(16)14-8-4-5-10-9(14)6-11(19-10)12(8)18-7(2)15/h8-12H,3-6H2,1-2H3/t8-,9-,10-,11-,12-/m1/s1. The third-order valence-corrected chi connectivity index (χ3v) is 4.24. The number of hydrogen-bond acceptors (Lipinski definition) is 5. The van der Waals surface area contributed by atoms with Crippen molar-refractivity contribution in [3.63, 3.8) is 0 Å². The van der Waals surface area contributed by atoms with E-state index >= 15 is 0 Å². The number of esters is 1. The molecule has 3 rings (SSSR count). The lowest BCUT2D eigenvalue weighted by molar-refractivity contribution is -0.158. The molecule has 19 heavy (non-hydrogen) atoms. The summed E-state index contributed by atoms with van der Waals surface area (Å²) in [6, 6.07) is -0.0277. The van der Waals surface area contributed by atoms with Crippen LogP contribution in [0.4, 0.5) is 4.79 Å². The van der Waals surface area contributed by atoms with Crippen molar-refractivity contribution in [3.05, 3.63) is 0 Å². The van der Waals surface area contributed by atoms with Crippen LogP contribution < -0.4 is 0 Å². The fraction of sp³-hybridized carbons (Fsp3) is 0.846. The third-order valence-electron chi connectivity index (χ3n) is 4.24. The summed E-state index contributed by atoms with van der Waals surface area (Å²) in [5.74, 6) is -0.328. The molecule has 3 aliphatic rings. The summed E-state index contributed by atoms with van der Waals surface area (Å²) in [5, 5.41) is 0. The lowest BCUT2D eigenvalue weighted by Gasteiger charge is -2.46. The Balaban J connectivity index is 1.85. The predicted octanol–water partition coefficient (Wildman–Crippen LogP) is 1.08. The maximum absolute atomic E-state index is 12.1. The highest BCUT2D eigenvalue weighted by Crippen LogP contribution is 2.44. The van der Waals surface area contributed by atoms with Gasteiger partial charge in [-0.05, 0) is 19.8 Å². The van der Waals surface area contributed by atoms with E-state index in [0.29, 0.717) is 6.61 Å². The largest absolute Gasteiger partial charge is 0.458 e. The van der Waals surface area contributed by atoms with Crippen LogP contribution in [0.3, 0.4) is 0 Å².